The number of hydrogen-bond donors (Lipinski definition) is 2. The molecule has 1 atom stereocenters. The van der Waals surface area contributed by atoms with E-state index in [0.29, 0.717) is 5.82 Å². The van der Waals surface area contributed by atoms with Gasteiger partial charge in [0.1, 0.15) is 0 Å². The Labute approximate surface area is 121 Å². The van der Waals surface area contributed by atoms with Crippen LogP contribution in [0.2, 0.25) is 0 Å². The number of aromatic nitrogens is 4. The molecule has 3 aromatic rings. The largest absolute Gasteiger partial charge is 0.302 e. The van der Waals surface area contributed by atoms with Crippen LogP contribution >= 0.6 is 11.3 Å². The fourth-order valence-corrected chi connectivity index (χ4v) is 2.89. The first-order chi connectivity index (χ1) is 9.83. The van der Waals surface area contributed by atoms with Gasteiger partial charge in [-0.15, -0.1) is 21.5 Å². The molecule has 1 aromatic carbocycles. The van der Waals surface area contributed by atoms with Gasteiger partial charge >= 0.3 is 0 Å². The number of nitrogens with zero attached hydrogens (tertiary/aromatic N) is 3. The second-order valence-electron chi connectivity index (χ2n) is 4.50. The van der Waals surface area contributed by atoms with E-state index >= 15 is 0 Å². The second kappa shape index (κ2) is 5.94. The van der Waals surface area contributed by atoms with Crippen molar-refractivity contribution in [1.82, 2.24) is 25.9 Å². The third-order valence-electron chi connectivity index (χ3n) is 3.05. The first-order valence-corrected chi connectivity index (χ1v) is 7.25. The van der Waals surface area contributed by atoms with Gasteiger partial charge in [-0.2, -0.15) is 5.21 Å². The summed E-state index contributed by atoms with van der Waals surface area (Å²) in [6, 6.07) is 14.8. The van der Waals surface area contributed by atoms with E-state index in [1.165, 1.54) is 15.3 Å². The van der Waals surface area contributed by atoms with Crippen molar-refractivity contribution < 1.29 is 0 Å². The monoisotopic (exact) mass is 285 g/mol. The summed E-state index contributed by atoms with van der Waals surface area (Å²) >= 11 is 1.80. The van der Waals surface area contributed by atoms with Crippen molar-refractivity contribution in [3.05, 3.63) is 53.2 Å². The van der Waals surface area contributed by atoms with E-state index in [9.17, 15) is 0 Å². The Hall–Kier alpha value is -2.05. The van der Waals surface area contributed by atoms with Gasteiger partial charge in [0, 0.05) is 16.3 Å². The maximum absolute atomic E-state index is 3.97. The first kappa shape index (κ1) is 13.0. The van der Waals surface area contributed by atoms with Crippen LogP contribution in [-0.4, -0.2) is 20.6 Å². The molecular formula is C14H15N5S. The zero-order valence-electron chi connectivity index (χ0n) is 11.1. The van der Waals surface area contributed by atoms with E-state index in [1.54, 1.807) is 11.3 Å². The summed E-state index contributed by atoms with van der Waals surface area (Å²) in [4.78, 5) is 2.58. The Morgan fingerprint density at radius 3 is 2.80 bits per heavy atom. The third-order valence-corrected chi connectivity index (χ3v) is 4.19. The van der Waals surface area contributed by atoms with E-state index in [2.05, 4.69) is 62.3 Å². The Kier molecular flexibility index (Phi) is 3.85. The summed E-state index contributed by atoms with van der Waals surface area (Å²) < 4.78 is 0. The molecule has 2 aromatic heterocycles. The van der Waals surface area contributed by atoms with Gasteiger partial charge in [0.2, 0.25) is 0 Å². The first-order valence-electron chi connectivity index (χ1n) is 6.44. The smallest absolute Gasteiger partial charge is 0.191 e. The van der Waals surface area contributed by atoms with Crippen molar-refractivity contribution in [2.24, 2.45) is 0 Å². The van der Waals surface area contributed by atoms with Crippen LogP contribution in [0, 0.1) is 0 Å². The molecule has 1 unspecified atom stereocenters. The lowest BCUT2D eigenvalue weighted by Gasteiger charge is -2.07. The fraction of sp³-hybridized carbons (Fsp3) is 0.214. The van der Waals surface area contributed by atoms with Crippen molar-refractivity contribution in [2.45, 2.75) is 19.5 Å². The predicted octanol–water partition coefficient (Wildman–Crippen LogP) is 2.78. The van der Waals surface area contributed by atoms with Crippen molar-refractivity contribution in [3.63, 3.8) is 0 Å². The van der Waals surface area contributed by atoms with Crippen molar-refractivity contribution in [2.75, 3.05) is 0 Å². The molecule has 102 valence electrons. The van der Waals surface area contributed by atoms with E-state index < -0.39 is 0 Å². The van der Waals surface area contributed by atoms with Gasteiger partial charge in [0.05, 0.1) is 6.04 Å². The Balaban J connectivity index is 1.63. The number of aromatic amines is 1. The minimum absolute atomic E-state index is 0.0797. The molecule has 3 rings (SSSR count). The Morgan fingerprint density at radius 1 is 1.20 bits per heavy atom. The van der Waals surface area contributed by atoms with Crippen molar-refractivity contribution >= 4 is 11.3 Å². The molecule has 0 spiro atoms. The third kappa shape index (κ3) is 2.92. The second-order valence-corrected chi connectivity index (χ2v) is 5.67. The van der Waals surface area contributed by atoms with E-state index in [4.69, 9.17) is 0 Å². The van der Waals surface area contributed by atoms with Gasteiger partial charge in [-0.05, 0) is 24.6 Å². The number of benzene rings is 1. The van der Waals surface area contributed by atoms with Crippen LogP contribution < -0.4 is 5.32 Å². The molecule has 0 saturated carbocycles. The number of tetrazole rings is 1. The van der Waals surface area contributed by atoms with Crippen molar-refractivity contribution in [1.29, 1.82) is 0 Å². The molecule has 0 bridgehead atoms. The quantitative estimate of drug-likeness (QED) is 0.756. The molecule has 0 amide bonds. The molecule has 0 radical (unpaired) electrons. The Bertz CT molecular complexity index is 647. The summed E-state index contributed by atoms with van der Waals surface area (Å²) in [6.45, 7) is 2.82. The zero-order chi connectivity index (χ0) is 13.8. The maximum Gasteiger partial charge on any atom is 0.191 e. The van der Waals surface area contributed by atoms with E-state index in [-0.39, 0.29) is 6.04 Å². The molecule has 0 aliphatic heterocycles. The summed E-state index contributed by atoms with van der Waals surface area (Å²) in [5, 5.41) is 17.4. The lowest BCUT2D eigenvalue weighted by Crippen LogP contribution is -2.18. The van der Waals surface area contributed by atoms with Crippen LogP contribution in [0.5, 0.6) is 0 Å². The number of rotatable bonds is 5. The highest BCUT2D eigenvalue weighted by Crippen LogP contribution is 2.27. The van der Waals surface area contributed by atoms with Crippen LogP contribution in [0.4, 0.5) is 0 Å². The summed E-state index contributed by atoms with van der Waals surface area (Å²) in [6.07, 6.45) is 0. The van der Waals surface area contributed by atoms with E-state index in [0.717, 1.165) is 6.54 Å². The highest BCUT2D eigenvalue weighted by atomic mass is 32.1. The minimum Gasteiger partial charge on any atom is -0.302 e. The summed E-state index contributed by atoms with van der Waals surface area (Å²) in [7, 11) is 0. The van der Waals surface area contributed by atoms with Gasteiger partial charge in [-0.1, -0.05) is 35.5 Å². The highest BCUT2D eigenvalue weighted by Gasteiger charge is 2.10. The number of nitrogens with one attached hydrogen (secondary N) is 2. The minimum atomic E-state index is 0.0797. The fourth-order valence-electron chi connectivity index (χ4n) is 1.93. The molecule has 0 aliphatic carbocycles. The van der Waals surface area contributed by atoms with Gasteiger partial charge < -0.3 is 5.32 Å². The van der Waals surface area contributed by atoms with Crippen LogP contribution in [0.1, 0.15) is 23.7 Å². The maximum atomic E-state index is 3.97. The average Bonchev–Trinajstić information content (AvgIpc) is 3.17. The van der Waals surface area contributed by atoms with Gasteiger partial charge in [0.25, 0.3) is 0 Å². The number of thiophene rings is 1. The number of H-pyrrole nitrogens is 1. The molecule has 2 N–H and O–H groups in total. The van der Waals surface area contributed by atoms with E-state index in [1.807, 2.05) is 13.0 Å². The van der Waals surface area contributed by atoms with Gasteiger partial charge in [-0.25, -0.2) is 0 Å². The number of hydrogen-bond acceptors (Lipinski definition) is 5. The molecule has 6 heteroatoms. The normalized spacial score (nSPS) is 12.4. The molecule has 2 heterocycles. The molecular weight excluding hydrogens is 270 g/mol. The van der Waals surface area contributed by atoms with Crippen LogP contribution in [-0.2, 0) is 6.54 Å². The van der Waals surface area contributed by atoms with Gasteiger partial charge in [-0.3, -0.25) is 0 Å². The summed E-state index contributed by atoms with van der Waals surface area (Å²) in [5.41, 5.74) is 1.26. The Morgan fingerprint density at radius 2 is 2.05 bits per heavy atom. The SMILES string of the molecule is CC(NCc1ccc(-c2ccccc2)s1)c1nn[nH]n1. The molecule has 0 fully saturated rings. The lowest BCUT2D eigenvalue weighted by molar-refractivity contribution is 0.550. The molecule has 0 aliphatic rings. The zero-order valence-corrected chi connectivity index (χ0v) is 11.9. The van der Waals surface area contributed by atoms with Gasteiger partial charge in [0.15, 0.2) is 5.82 Å². The molecule has 20 heavy (non-hydrogen) atoms. The topological polar surface area (TPSA) is 66.5 Å². The predicted molar refractivity (Wildman–Crippen MR) is 79.2 cm³/mol. The van der Waals surface area contributed by atoms with Crippen LogP contribution in [0.25, 0.3) is 10.4 Å². The summed E-state index contributed by atoms with van der Waals surface area (Å²) in [5.74, 6) is 0.685. The van der Waals surface area contributed by atoms with Crippen molar-refractivity contribution in [3.8, 4) is 10.4 Å². The standard InChI is InChI=1S/C14H15N5S/c1-10(14-16-18-19-17-14)15-9-12-7-8-13(20-12)11-5-3-2-4-6-11/h2-8,10,15H,9H2,1H3,(H,16,17,18,19). The molecule has 5 nitrogen and oxygen atoms in total. The average molecular weight is 285 g/mol. The van der Waals surface area contributed by atoms with Crippen LogP contribution in [0.3, 0.4) is 0 Å². The highest BCUT2D eigenvalue weighted by molar-refractivity contribution is 7.15. The lowest BCUT2D eigenvalue weighted by atomic mass is 10.2. The van der Waals surface area contributed by atoms with Crippen LogP contribution in [0.15, 0.2) is 42.5 Å². The molecule has 0 saturated heterocycles.